The van der Waals surface area contributed by atoms with Crippen LogP contribution >= 0.6 is 0 Å². The highest BCUT2D eigenvalue weighted by atomic mass is 32.2. The van der Waals surface area contributed by atoms with Gasteiger partial charge in [-0.15, -0.1) is 10.2 Å². The van der Waals surface area contributed by atoms with E-state index in [-0.39, 0.29) is 45.5 Å². The highest BCUT2D eigenvalue weighted by molar-refractivity contribution is 7.92. The Balaban J connectivity index is 1.03. The summed E-state index contributed by atoms with van der Waals surface area (Å²) in [7, 11) is -7.31. The van der Waals surface area contributed by atoms with Crippen molar-refractivity contribution in [1.82, 2.24) is 10.6 Å². The van der Waals surface area contributed by atoms with Crippen molar-refractivity contribution in [3.05, 3.63) is 181 Å². The van der Waals surface area contributed by atoms with E-state index >= 15 is 0 Å². The first-order valence-electron chi connectivity index (χ1n) is 22.2. The molecule has 0 aliphatic carbocycles. The molecule has 6 rings (SSSR count). The zero-order valence-corrected chi connectivity index (χ0v) is 40.2. The van der Waals surface area contributed by atoms with Crippen LogP contribution in [0.3, 0.4) is 0 Å². The predicted octanol–water partition coefficient (Wildman–Crippen LogP) is 6.36. The van der Waals surface area contributed by atoms with Gasteiger partial charge in [-0.3, -0.25) is 9.59 Å². The van der Waals surface area contributed by atoms with E-state index < -0.39 is 93.4 Å². The summed E-state index contributed by atoms with van der Waals surface area (Å²) in [5.74, 6) is 6.69. The monoisotopic (exact) mass is 1010 g/mol. The van der Waals surface area contributed by atoms with Crippen LogP contribution < -0.4 is 20.1 Å². The number of rotatable bonds is 22. The molecule has 0 bridgehead atoms. The van der Waals surface area contributed by atoms with Crippen molar-refractivity contribution in [1.29, 1.82) is 0 Å². The summed E-state index contributed by atoms with van der Waals surface area (Å²) >= 11 is 0. The third kappa shape index (κ3) is 17.1. The molecule has 2 N–H and O–H groups in total. The molecule has 0 fully saturated rings. The minimum absolute atomic E-state index is 0.0824. The van der Waals surface area contributed by atoms with Gasteiger partial charge in [-0.2, -0.15) is 0 Å². The Morgan fingerprint density at radius 2 is 0.778 bits per heavy atom. The first-order chi connectivity index (χ1) is 34.9. The number of azo groups is 1. The molecule has 0 radical (unpaired) electrons. The topological polar surface area (TPSA) is 222 Å². The number of esters is 2. The molecule has 368 valence electrons. The zero-order valence-electron chi connectivity index (χ0n) is 38.6. The molecular weight excluding hydrogens is 961 g/mol. The standard InChI is InChI=1S/C54H48N4O12S2/c59-51(55-47(37-41-21-5-1-6-22-41)53(61)67-33-17-19-35-71(63,64)43-25-9-3-10-26-43)39-69-49-31-15-13-29-45(49)57-58-46-30-14-16-32-50(46)70-40-52(60)56-48(38-42-23-7-2-8-24-42)54(62)68-34-18-20-36-72(65,66)44-27-11-4-12-28-44/h1-16,21-32,47-48H,33-40H2,(H,55,59)(H,56,60)/t47-,48-/m0/s1. The number of carbonyl (C=O) groups is 4. The van der Waals surface area contributed by atoms with Gasteiger partial charge in [0.2, 0.25) is 0 Å². The SMILES string of the molecule is O=C(COc1ccccc1N=Nc1ccccc1OCC(=O)N[C@@H](Cc1ccccc1)C(=O)OCC#CCS(=O)(=O)c1ccccc1)N[C@@H](Cc1ccccc1)C(=O)OCC#CCS(=O)(=O)c1ccccc1. The van der Waals surface area contributed by atoms with E-state index in [0.717, 1.165) is 11.1 Å². The molecule has 0 aliphatic heterocycles. The second-order valence-electron chi connectivity index (χ2n) is 15.4. The Morgan fingerprint density at radius 3 is 1.15 bits per heavy atom. The summed E-state index contributed by atoms with van der Waals surface area (Å²) in [4.78, 5) is 53.2. The Morgan fingerprint density at radius 1 is 0.444 bits per heavy atom. The second-order valence-corrected chi connectivity index (χ2v) is 19.4. The quantitative estimate of drug-likeness (QED) is 0.0431. The number of hydrogen-bond acceptors (Lipinski definition) is 14. The second kappa shape index (κ2) is 27.0. The van der Waals surface area contributed by atoms with Crippen LogP contribution in [0, 0.1) is 23.7 Å². The molecule has 0 saturated carbocycles. The molecule has 6 aromatic rings. The van der Waals surface area contributed by atoms with Gasteiger partial charge in [-0.1, -0.05) is 145 Å². The number of amides is 2. The smallest absolute Gasteiger partial charge is 0.329 e. The number of para-hydroxylation sites is 2. The van der Waals surface area contributed by atoms with Gasteiger partial charge >= 0.3 is 11.9 Å². The molecule has 2 amide bonds. The third-order valence-electron chi connectivity index (χ3n) is 10.1. The zero-order chi connectivity index (χ0) is 51.0. The first-order valence-corrected chi connectivity index (χ1v) is 25.5. The number of hydrogen-bond donors (Lipinski definition) is 2. The van der Waals surface area contributed by atoms with E-state index in [2.05, 4.69) is 44.5 Å². The van der Waals surface area contributed by atoms with Gasteiger partial charge in [0.1, 0.15) is 46.5 Å². The number of benzene rings is 6. The van der Waals surface area contributed by atoms with Gasteiger partial charge in [0.25, 0.3) is 11.8 Å². The summed E-state index contributed by atoms with van der Waals surface area (Å²) in [6.07, 6.45) is 0.165. The lowest BCUT2D eigenvalue weighted by molar-refractivity contribution is -0.147. The van der Waals surface area contributed by atoms with Crippen LogP contribution in [0.1, 0.15) is 11.1 Å². The normalized spacial score (nSPS) is 11.8. The molecular formula is C54H48N4O12S2. The van der Waals surface area contributed by atoms with Crippen molar-refractivity contribution in [2.45, 2.75) is 34.7 Å². The fourth-order valence-electron chi connectivity index (χ4n) is 6.51. The van der Waals surface area contributed by atoms with Crippen LogP contribution in [0.25, 0.3) is 0 Å². The minimum Gasteiger partial charge on any atom is -0.481 e. The summed E-state index contributed by atoms with van der Waals surface area (Å²) in [6.45, 7) is -1.86. The number of sulfone groups is 2. The third-order valence-corrected chi connectivity index (χ3v) is 13.1. The van der Waals surface area contributed by atoms with Crippen LogP contribution in [-0.4, -0.2) is 90.6 Å². The van der Waals surface area contributed by atoms with Gasteiger partial charge in [0.15, 0.2) is 46.1 Å². The maximum absolute atomic E-state index is 13.3. The van der Waals surface area contributed by atoms with Gasteiger partial charge in [-0.25, -0.2) is 26.4 Å². The Kier molecular flexibility index (Phi) is 19.8. The van der Waals surface area contributed by atoms with E-state index in [1.54, 1.807) is 133 Å². The van der Waals surface area contributed by atoms with E-state index in [9.17, 15) is 36.0 Å². The molecule has 0 spiro atoms. The number of nitrogens with zero attached hydrogens (tertiary/aromatic N) is 2. The maximum atomic E-state index is 13.3. The van der Waals surface area contributed by atoms with Crippen molar-refractivity contribution in [2.75, 3.05) is 37.9 Å². The van der Waals surface area contributed by atoms with Crippen LogP contribution in [0.15, 0.2) is 190 Å². The number of carbonyl (C=O) groups excluding carboxylic acids is 4. The Labute approximate surface area is 417 Å². The van der Waals surface area contributed by atoms with E-state index in [0.29, 0.717) is 0 Å². The molecule has 2 atom stereocenters. The van der Waals surface area contributed by atoms with Crippen LogP contribution in [-0.2, 0) is 61.2 Å². The Hall–Kier alpha value is -8.58. The summed E-state index contributed by atoms with van der Waals surface area (Å²) in [5, 5.41) is 13.9. The average Bonchev–Trinajstić information content (AvgIpc) is 3.40. The van der Waals surface area contributed by atoms with Crippen molar-refractivity contribution in [2.24, 2.45) is 10.2 Å². The molecule has 18 heteroatoms. The van der Waals surface area contributed by atoms with Gasteiger partial charge in [-0.05, 0) is 59.7 Å². The minimum atomic E-state index is -3.66. The van der Waals surface area contributed by atoms with Crippen molar-refractivity contribution in [3.63, 3.8) is 0 Å². The molecule has 0 unspecified atom stereocenters. The lowest BCUT2D eigenvalue weighted by Crippen LogP contribution is -2.45. The molecule has 72 heavy (non-hydrogen) atoms. The fraction of sp³-hybridized carbons (Fsp3) is 0.185. The Bertz CT molecular complexity index is 2960. The van der Waals surface area contributed by atoms with E-state index in [4.69, 9.17) is 18.9 Å². The molecule has 0 heterocycles. The van der Waals surface area contributed by atoms with E-state index in [1.807, 2.05) is 12.1 Å². The molecule has 0 saturated heterocycles. The van der Waals surface area contributed by atoms with Gasteiger partial charge in [0.05, 0.1) is 9.79 Å². The average molecular weight is 1010 g/mol. The first kappa shape index (κ1) is 52.8. The lowest BCUT2D eigenvalue weighted by Gasteiger charge is -2.18. The van der Waals surface area contributed by atoms with Crippen LogP contribution in [0.5, 0.6) is 11.5 Å². The van der Waals surface area contributed by atoms with Crippen molar-refractivity contribution < 1.29 is 55.0 Å². The highest BCUT2D eigenvalue weighted by Crippen LogP contribution is 2.32. The maximum Gasteiger partial charge on any atom is 0.329 e. The van der Waals surface area contributed by atoms with Gasteiger partial charge in [0, 0.05) is 12.8 Å². The summed E-state index contributed by atoms with van der Waals surface area (Å²) < 4.78 is 72.4. The molecule has 16 nitrogen and oxygen atoms in total. The number of ether oxygens (including phenoxy) is 4. The molecule has 0 aromatic heterocycles. The summed E-state index contributed by atoms with van der Waals surface area (Å²) in [5.41, 5.74) is 1.94. The number of nitrogens with one attached hydrogen (secondary N) is 2. The van der Waals surface area contributed by atoms with Gasteiger partial charge < -0.3 is 29.6 Å². The fourth-order valence-corrected chi connectivity index (χ4v) is 8.57. The molecule has 0 aliphatic rings. The highest BCUT2D eigenvalue weighted by Gasteiger charge is 2.25. The van der Waals surface area contributed by atoms with Crippen molar-refractivity contribution >= 4 is 54.8 Å². The predicted molar refractivity (Wildman–Crippen MR) is 267 cm³/mol. The summed E-state index contributed by atoms with van der Waals surface area (Å²) in [6, 6.07) is 44.3. The van der Waals surface area contributed by atoms with Crippen LogP contribution in [0.2, 0.25) is 0 Å². The van der Waals surface area contributed by atoms with Crippen molar-refractivity contribution in [3.8, 4) is 35.2 Å². The molecule has 6 aromatic carbocycles. The van der Waals surface area contributed by atoms with Crippen LogP contribution in [0.4, 0.5) is 11.4 Å². The van der Waals surface area contributed by atoms with E-state index in [1.165, 1.54) is 24.3 Å². The lowest BCUT2D eigenvalue weighted by atomic mass is 10.1. The largest absolute Gasteiger partial charge is 0.481 e.